The average Bonchev–Trinajstić information content (AvgIpc) is 2.94. The first-order valence-electron chi connectivity index (χ1n) is 16.1. The number of nitrogens with one attached hydrogen (secondary N) is 2. The SMILES string of the molecule is CC[C@@H](CC(=O)OC(OC(=O)C(C)OP(=O)(O)O)C(C)C)c1ccc(N(CC(C)C)CC(C)C)c(NC(=O)Nc2ccc(C)cc2)c1. The highest BCUT2D eigenvalue weighted by atomic mass is 31.2. The number of benzene rings is 2. The minimum absolute atomic E-state index is 0.0398. The van der Waals surface area contributed by atoms with E-state index in [0.717, 1.165) is 36.8 Å². The van der Waals surface area contributed by atoms with Crippen LogP contribution in [0.3, 0.4) is 0 Å². The number of carbonyl (C=O) groups is 3. The maximum absolute atomic E-state index is 13.2. The lowest BCUT2D eigenvalue weighted by molar-refractivity contribution is -0.200. The minimum atomic E-state index is -4.93. The minimum Gasteiger partial charge on any atom is -0.425 e. The summed E-state index contributed by atoms with van der Waals surface area (Å²) in [5.74, 6) is -1.69. The normalized spacial score (nSPS) is 13.7. The Balaban J connectivity index is 2.33. The zero-order chi connectivity index (χ0) is 35.5. The summed E-state index contributed by atoms with van der Waals surface area (Å²) >= 11 is 0. The number of ether oxygens (including phenoxy) is 2. The summed E-state index contributed by atoms with van der Waals surface area (Å²) in [5, 5.41) is 5.93. The summed E-state index contributed by atoms with van der Waals surface area (Å²) < 4.78 is 26.2. The summed E-state index contributed by atoms with van der Waals surface area (Å²) in [6.07, 6.45) is -2.33. The second kappa shape index (κ2) is 18.2. The fourth-order valence-electron chi connectivity index (χ4n) is 4.89. The van der Waals surface area contributed by atoms with Gasteiger partial charge in [0.25, 0.3) is 0 Å². The molecule has 0 bridgehead atoms. The summed E-state index contributed by atoms with van der Waals surface area (Å²) in [6.45, 7) is 18.5. The van der Waals surface area contributed by atoms with Crippen molar-refractivity contribution in [3.05, 3.63) is 53.6 Å². The Morgan fingerprint density at radius 1 is 0.872 bits per heavy atom. The Kier molecular flexibility index (Phi) is 15.4. The van der Waals surface area contributed by atoms with E-state index in [-0.39, 0.29) is 12.3 Å². The molecular weight excluding hydrogens is 625 g/mol. The lowest BCUT2D eigenvalue weighted by Gasteiger charge is -2.31. The number of hydrogen-bond acceptors (Lipinski definition) is 8. The number of rotatable bonds is 17. The highest BCUT2D eigenvalue weighted by Gasteiger charge is 2.31. The summed E-state index contributed by atoms with van der Waals surface area (Å²) in [4.78, 5) is 58.9. The van der Waals surface area contributed by atoms with Crippen LogP contribution in [0.25, 0.3) is 0 Å². The van der Waals surface area contributed by atoms with Gasteiger partial charge in [-0.25, -0.2) is 14.2 Å². The molecule has 2 aromatic carbocycles. The number of anilines is 3. The molecule has 0 aliphatic rings. The van der Waals surface area contributed by atoms with Crippen LogP contribution in [-0.4, -0.2) is 53.2 Å². The molecule has 47 heavy (non-hydrogen) atoms. The van der Waals surface area contributed by atoms with Gasteiger partial charge in [-0.05, 0) is 67.9 Å². The first-order valence-corrected chi connectivity index (χ1v) is 17.6. The lowest BCUT2D eigenvalue weighted by atomic mass is 9.92. The molecule has 0 aliphatic heterocycles. The van der Waals surface area contributed by atoms with Crippen LogP contribution in [0, 0.1) is 24.7 Å². The molecule has 2 amide bonds. The van der Waals surface area contributed by atoms with E-state index in [9.17, 15) is 18.9 Å². The molecule has 0 aliphatic carbocycles. The van der Waals surface area contributed by atoms with Gasteiger partial charge in [0, 0.05) is 24.7 Å². The third kappa shape index (κ3) is 14.1. The molecule has 3 atom stereocenters. The topological polar surface area (TPSA) is 164 Å². The summed E-state index contributed by atoms with van der Waals surface area (Å²) in [7, 11) is -4.93. The Bertz CT molecular complexity index is 1370. The van der Waals surface area contributed by atoms with Crippen molar-refractivity contribution in [2.75, 3.05) is 28.6 Å². The van der Waals surface area contributed by atoms with Crippen molar-refractivity contribution in [1.82, 2.24) is 0 Å². The zero-order valence-corrected chi connectivity index (χ0v) is 29.9. The summed E-state index contributed by atoms with van der Waals surface area (Å²) in [5.41, 5.74) is 4.02. The molecule has 13 heteroatoms. The van der Waals surface area contributed by atoms with Crippen molar-refractivity contribution in [3.8, 4) is 0 Å². The second-order valence-corrected chi connectivity index (χ2v) is 14.2. The number of aryl methyl sites for hydroxylation is 1. The van der Waals surface area contributed by atoms with Crippen LogP contribution in [0.5, 0.6) is 0 Å². The Hall–Kier alpha value is -3.44. The van der Waals surface area contributed by atoms with Crippen LogP contribution in [0.2, 0.25) is 0 Å². The van der Waals surface area contributed by atoms with Gasteiger partial charge in [-0.3, -0.25) is 9.32 Å². The van der Waals surface area contributed by atoms with Crippen LogP contribution in [0.1, 0.15) is 85.3 Å². The van der Waals surface area contributed by atoms with E-state index in [1.165, 1.54) is 0 Å². The van der Waals surface area contributed by atoms with Gasteiger partial charge in [0.1, 0.15) is 0 Å². The van der Waals surface area contributed by atoms with Crippen LogP contribution in [0.15, 0.2) is 42.5 Å². The van der Waals surface area contributed by atoms with Crippen LogP contribution >= 0.6 is 7.82 Å². The molecule has 0 radical (unpaired) electrons. The highest BCUT2D eigenvalue weighted by molar-refractivity contribution is 7.46. The molecule has 0 aromatic heterocycles. The fraction of sp³-hybridized carbons (Fsp3) is 0.559. The number of amides is 2. The van der Waals surface area contributed by atoms with Crippen molar-refractivity contribution in [2.45, 2.75) is 93.5 Å². The van der Waals surface area contributed by atoms with Crippen LogP contribution in [-0.2, 0) is 28.2 Å². The zero-order valence-electron chi connectivity index (χ0n) is 29.0. The van der Waals surface area contributed by atoms with E-state index in [4.69, 9.17) is 19.3 Å². The van der Waals surface area contributed by atoms with Gasteiger partial charge in [0.2, 0.25) is 6.29 Å². The van der Waals surface area contributed by atoms with Crippen molar-refractivity contribution >= 4 is 42.9 Å². The molecule has 12 nitrogen and oxygen atoms in total. The van der Waals surface area contributed by atoms with E-state index in [1.807, 2.05) is 56.3 Å². The number of phosphoric ester groups is 1. The number of hydrogen-bond donors (Lipinski definition) is 4. The van der Waals surface area contributed by atoms with Crippen LogP contribution < -0.4 is 15.5 Å². The number of urea groups is 1. The van der Waals surface area contributed by atoms with Crippen molar-refractivity contribution in [1.29, 1.82) is 0 Å². The number of esters is 2. The molecule has 4 N–H and O–H groups in total. The molecule has 2 aromatic rings. The first kappa shape index (κ1) is 39.7. The van der Waals surface area contributed by atoms with Gasteiger partial charge in [-0.15, -0.1) is 0 Å². The monoisotopic (exact) mass is 677 g/mol. The van der Waals surface area contributed by atoms with Crippen molar-refractivity contribution < 1.29 is 42.7 Å². The fourth-order valence-corrected chi connectivity index (χ4v) is 5.39. The molecular formula is C34H52N3O9P. The van der Waals surface area contributed by atoms with Gasteiger partial charge < -0.3 is 34.8 Å². The number of nitrogens with zero attached hydrogens (tertiary/aromatic N) is 1. The summed E-state index contributed by atoms with van der Waals surface area (Å²) in [6, 6.07) is 12.9. The van der Waals surface area contributed by atoms with Gasteiger partial charge >= 0.3 is 25.8 Å². The van der Waals surface area contributed by atoms with E-state index in [2.05, 4.69) is 47.8 Å². The van der Waals surface area contributed by atoms with Gasteiger partial charge in [-0.2, -0.15) is 0 Å². The third-order valence-electron chi connectivity index (χ3n) is 7.12. The van der Waals surface area contributed by atoms with E-state index in [1.54, 1.807) is 13.8 Å². The molecule has 0 heterocycles. The maximum Gasteiger partial charge on any atom is 0.470 e. The quantitative estimate of drug-likeness (QED) is 0.0764. The largest absolute Gasteiger partial charge is 0.470 e. The Labute approximate surface area is 278 Å². The molecule has 2 unspecified atom stereocenters. The highest BCUT2D eigenvalue weighted by Crippen LogP contribution is 2.38. The molecule has 0 saturated carbocycles. The van der Waals surface area contributed by atoms with Gasteiger partial charge in [0.05, 0.1) is 17.8 Å². The average molecular weight is 678 g/mol. The molecule has 0 spiro atoms. The standard InChI is InChI=1S/C34H52N3O9P/c1-10-26(18-31(38)44-33(23(6)7)45-32(39)25(9)46-47(41,42)43)27-13-16-30(37(19-21(2)3)20-22(4)5)29(17-27)36-34(40)35-28-14-11-24(8)12-15-28/h11-17,21-23,25-26,33H,10,18-20H2,1-9H3,(H2,35,36,40)(H2,41,42,43)/t25?,26-,33?/m0/s1. The molecule has 2 rings (SSSR count). The molecule has 0 saturated heterocycles. The number of carbonyl (C=O) groups excluding carboxylic acids is 3. The smallest absolute Gasteiger partial charge is 0.425 e. The van der Waals surface area contributed by atoms with E-state index >= 15 is 0 Å². The lowest BCUT2D eigenvalue weighted by Crippen LogP contribution is -2.34. The Morgan fingerprint density at radius 3 is 1.98 bits per heavy atom. The van der Waals surface area contributed by atoms with Gasteiger partial charge in [-0.1, -0.05) is 72.2 Å². The molecule has 0 fully saturated rings. The first-order chi connectivity index (χ1) is 21.9. The number of phosphoric acid groups is 1. The van der Waals surface area contributed by atoms with Crippen LogP contribution in [0.4, 0.5) is 21.9 Å². The van der Waals surface area contributed by atoms with E-state index < -0.39 is 44.1 Å². The van der Waals surface area contributed by atoms with Gasteiger partial charge in [0.15, 0.2) is 6.10 Å². The molecule has 262 valence electrons. The second-order valence-electron chi connectivity index (χ2n) is 13.0. The Morgan fingerprint density at radius 2 is 1.47 bits per heavy atom. The van der Waals surface area contributed by atoms with E-state index in [0.29, 0.717) is 29.6 Å². The predicted molar refractivity (Wildman–Crippen MR) is 183 cm³/mol. The third-order valence-corrected chi connectivity index (χ3v) is 7.71. The maximum atomic E-state index is 13.2. The van der Waals surface area contributed by atoms with Crippen molar-refractivity contribution in [3.63, 3.8) is 0 Å². The predicted octanol–water partition coefficient (Wildman–Crippen LogP) is 7.21. The van der Waals surface area contributed by atoms with Crippen molar-refractivity contribution in [2.24, 2.45) is 17.8 Å².